The minimum Gasteiger partial charge on any atom is -0.459 e. The van der Waals surface area contributed by atoms with Gasteiger partial charge in [-0.15, -0.1) is 0 Å². The number of amides is 1. The summed E-state index contributed by atoms with van der Waals surface area (Å²) in [6.07, 6.45) is 1.33. The van der Waals surface area contributed by atoms with Gasteiger partial charge in [0.2, 0.25) is 0 Å². The number of nitrogens with zero attached hydrogens (tertiary/aromatic N) is 1. The molecular formula is C20H21FN2O5. The molecule has 2 aromatic rings. The second-order valence-corrected chi connectivity index (χ2v) is 5.59. The van der Waals surface area contributed by atoms with Crippen LogP contribution in [-0.4, -0.2) is 39.4 Å². The third-order valence-corrected chi connectivity index (χ3v) is 3.48. The number of hydrogen-bond acceptors (Lipinski definition) is 6. The van der Waals surface area contributed by atoms with Crippen LogP contribution < -0.4 is 5.32 Å². The number of ether oxygens (including phenoxy) is 3. The van der Waals surface area contributed by atoms with E-state index >= 15 is 0 Å². The maximum absolute atomic E-state index is 12.9. The monoisotopic (exact) mass is 388 g/mol. The van der Waals surface area contributed by atoms with Crippen molar-refractivity contribution in [3.8, 4) is 6.07 Å². The Labute approximate surface area is 162 Å². The normalized spacial score (nSPS) is 11.2. The van der Waals surface area contributed by atoms with E-state index in [9.17, 15) is 14.4 Å². The SMILES string of the molecule is COCCOCCOCc1ccc(C=C(C#N)C(=O)Nc2ccc(F)cc2)o1. The molecule has 2 rings (SSSR count). The molecule has 1 aromatic heterocycles. The molecule has 0 fully saturated rings. The molecule has 0 saturated heterocycles. The standard InChI is InChI=1S/C20H21FN2O5/c1-25-8-9-26-10-11-27-14-19-7-6-18(28-19)12-15(13-22)20(24)23-17-4-2-16(21)3-5-17/h2-7,12H,8-11,14H2,1H3,(H,23,24). The van der Waals surface area contributed by atoms with Gasteiger partial charge in [-0.25, -0.2) is 4.39 Å². The van der Waals surface area contributed by atoms with Crippen LogP contribution in [0.3, 0.4) is 0 Å². The highest BCUT2D eigenvalue weighted by molar-refractivity contribution is 6.09. The third-order valence-electron chi connectivity index (χ3n) is 3.48. The number of hydrogen-bond donors (Lipinski definition) is 1. The zero-order valence-corrected chi connectivity index (χ0v) is 15.4. The summed E-state index contributed by atoms with van der Waals surface area (Å²) in [5.74, 6) is -0.127. The second kappa shape index (κ2) is 11.7. The van der Waals surface area contributed by atoms with Crippen molar-refractivity contribution in [1.82, 2.24) is 0 Å². The largest absolute Gasteiger partial charge is 0.459 e. The van der Waals surface area contributed by atoms with E-state index in [2.05, 4.69) is 5.32 Å². The fourth-order valence-corrected chi connectivity index (χ4v) is 2.11. The van der Waals surface area contributed by atoms with Crippen molar-refractivity contribution < 1.29 is 27.8 Å². The van der Waals surface area contributed by atoms with Gasteiger partial charge in [-0.3, -0.25) is 4.79 Å². The number of furan rings is 1. The summed E-state index contributed by atoms with van der Waals surface area (Å²) in [7, 11) is 1.60. The number of nitrogens with one attached hydrogen (secondary N) is 1. The zero-order valence-electron chi connectivity index (χ0n) is 15.4. The van der Waals surface area contributed by atoms with Crippen LogP contribution in [0.2, 0.25) is 0 Å². The third kappa shape index (κ3) is 7.32. The number of carbonyl (C=O) groups is 1. The van der Waals surface area contributed by atoms with Crippen molar-refractivity contribution in [3.63, 3.8) is 0 Å². The summed E-state index contributed by atoms with van der Waals surface area (Å²) in [4.78, 5) is 12.2. The lowest BCUT2D eigenvalue weighted by Gasteiger charge is -2.04. The van der Waals surface area contributed by atoms with Crippen LogP contribution in [0.25, 0.3) is 6.08 Å². The van der Waals surface area contributed by atoms with Crippen LogP contribution in [0.15, 0.2) is 46.4 Å². The summed E-state index contributed by atoms with van der Waals surface area (Å²) in [6.45, 7) is 2.12. The van der Waals surface area contributed by atoms with Crippen LogP contribution in [0.1, 0.15) is 11.5 Å². The highest BCUT2D eigenvalue weighted by atomic mass is 19.1. The topological polar surface area (TPSA) is 93.7 Å². The lowest BCUT2D eigenvalue weighted by Crippen LogP contribution is -2.13. The minimum absolute atomic E-state index is 0.141. The molecule has 1 N–H and O–H groups in total. The molecular weight excluding hydrogens is 367 g/mol. The van der Waals surface area contributed by atoms with Crippen LogP contribution in [0.5, 0.6) is 0 Å². The first kappa shape index (κ1) is 21.3. The van der Waals surface area contributed by atoms with Gasteiger partial charge in [-0.2, -0.15) is 5.26 Å². The summed E-state index contributed by atoms with van der Waals surface area (Å²) in [5, 5.41) is 11.7. The molecule has 0 atom stereocenters. The van der Waals surface area contributed by atoms with E-state index in [1.165, 1.54) is 30.3 Å². The van der Waals surface area contributed by atoms with Gasteiger partial charge in [0.15, 0.2) is 0 Å². The average Bonchev–Trinajstić information content (AvgIpc) is 3.14. The molecule has 7 nitrogen and oxygen atoms in total. The highest BCUT2D eigenvalue weighted by Crippen LogP contribution is 2.15. The highest BCUT2D eigenvalue weighted by Gasteiger charge is 2.11. The van der Waals surface area contributed by atoms with E-state index in [4.69, 9.17) is 18.6 Å². The van der Waals surface area contributed by atoms with E-state index in [-0.39, 0.29) is 12.2 Å². The molecule has 0 unspecified atom stereocenters. The first-order valence-electron chi connectivity index (χ1n) is 8.54. The molecule has 8 heteroatoms. The van der Waals surface area contributed by atoms with Crippen LogP contribution >= 0.6 is 0 Å². The van der Waals surface area contributed by atoms with Gasteiger partial charge < -0.3 is 23.9 Å². The van der Waals surface area contributed by atoms with Crippen LogP contribution in [0, 0.1) is 17.1 Å². The van der Waals surface area contributed by atoms with E-state index in [0.29, 0.717) is 43.6 Å². The van der Waals surface area contributed by atoms with Crippen molar-refractivity contribution in [2.75, 3.05) is 38.9 Å². The molecule has 0 aliphatic carbocycles. The summed E-state index contributed by atoms with van der Waals surface area (Å²) in [6, 6.07) is 10.4. The Morgan fingerprint density at radius 2 is 1.86 bits per heavy atom. The number of halogens is 1. The van der Waals surface area contributed by atoms with Crippen molar-refractivity contribution >= 4 is 17.7 Å². The lowest BCUT2D eigenvalue weighted by molar-refractivity contribution is -0.112. The quantitative estimate of drug-likeness (QED) is 0.361. The van der Waals surface area contributed by atoms with Crippen molar-refractivity contribution in [3.05, 3.63) is 59.3 Å². The maximum Gasteiger partial charge on any atom is 0.266 e. The van der Waals surface area contributed by atoms with Gasteiger partial charge in [0.05, 0.1) is 26.4 Å². The Balaban J connectivity index is 1.84. The number of benzene rings is 1. The van der Waals surface area contributed by atoms with Gasteiger partial charge >= 0.3 is 0 Å². The maximum atomic E-state index is 12.9. The molecule has 1 aromatic carbocycles. The molecule has 0 spiro atoms. The lowest BCUT2D eigenvalue weighted by atomic mass is 10.2. The Morgan fingerprint density at radius 3 is 2.57 bits per heavy atom. The van der Waals surface area contributed by atoms with Gasteiger partial charge in [0.25, 0.3) is 5.91 Å². The molecule has 0 aliphatic heterocycles. The molecule has 0 bridgehead atoms. The molecule has 0 aliphatic rings. The second-order valence-electron chi connectivity index (χ2n) is 5.59. The van der Waals surface area contributed by atoms with Crippen LogP contribution in [-0.2, 0) is 25.6 Å². The van der Waals surface area contributed by atoms with E-state index in [1.54, 1.807) is 19.2 Å². The smallest absolute Gasteiger partial charge is 0.266 e. The van der Waals surface area contributed by atoms with Gasteiger partial charge in [-0.1, -0.05) is 0 Å². The van der Waals surface area contributed by atoms with Crippen molar-refractivity contribution in [2.45, 2.75) is 6.61 Å². The Kier molecular flexibility index (Phi) is 8.88. The molecule has 1 amide bonds. The van der Waals surface area contributed by atoms with Gasteiger partial charge in [0.1, 0.15) is 35.6 Å². The number of methoxy groups -OCH3 is 1. The van der Waals surface area contributed by atoms with E-state index < -0.39 is 11.7 Å². The molecule has 148 valence electrons. The zero-order chi connectivity index (χ0) is 20.2. The van der Waals surface area contributed by atoms with Crippen LogP contribution in [0.4, 0.5) is 10.1 Å². The average molecular weight is 388 g/mol. The van der Waals surface area contributed by atoms with E-state index in [0.717, 1.165) is 0 Å². The molecule has 28 heavy (non-hydrogen) atoms. The first-order valence-corrected chi connectivity index (χ1v) is 8.54. The first-order chi connectivity index (χ1) is 13.6. The summed E-state index contributed by atoms with van der Waals surface area (Å²) >= 11 is 0. The Hall–Kier alpha value is -2.99. The fourth-order valence-electron chi connectivity index (χ4n) is 2.11. The minimum atomic E-state index is -0.614. The number of carbonyl (C=O) groups excluding carboxylic acids is 1. The predicted octanol–water partition coefficient (Wildman–Crippen LogP) is 3.14. The summed E-state index contributed by atoms with van der Waals surface area (Å²) in [5.41, 5.74) is 0.242. The Morgan fingerprint density at radius 1 is 1.14 bits per heavy atom. The van der Waals surface area contributed by atoms with E-state index in [1.807, 2.05) is 6.07 Å². The molecule has 0 radical (unpaired) electrons. The van der Waals surface area contributed by atoms with Gasteiger partial charge in [0, 0.05) is 18.9 Å². The van der Waals surface area contributed by atoms with Gasteiger partial charge in [-0.05, 0) is 36.4 Å². The Bertz CT molecular complexity index is 824. The van der Waals surface area contributed by atoms with Crippen molar-refractivity contribution in [2.24, 2.45) is 0 Å². The predicted molar refractivity (Wildman–Crippen MR) is 99.7 cm³/mol. The molecule has 1 heterocycles. The number of rotatable bonds is 11. The van der Waals surface area contributed by atoms with Crippen molar-refractivity contribution in [1.29, 1.82) is 5.26 Å². The number of nitriles is 1. The fraction of sp³-hybridized carbons (Fsp3) is 0.300. The molecule has 0 saturated carbocycles. The summed E-state index contributed by atoms with van der Waals surface area (Å²) < 4.78 is 34.0. The number of anilines is 1.